The third-order valence-corrected chi connectivity index (χ3v) is 3.19. The Labute approximate surface area is 167 Å². The van der Waals surface area contributed by atoms with Gasteiger partial charge in [-0.25, -0.2) is 8.42 Å². The van der Waals surface area contributed by atoms with Gasteiger partial charge >= 0.3 is 58.2 Å². The minimum atomic E-state index is -6.00. The molecule has 0 spiro atoms. The fourth-order valence-electron chi connectivity index (χ4n) is 1.01. The molecule has 1 rings (SSSR count). The molecule has 27 heavy (non-hydrogen) atoms. The number of halogens is 4. The van der Waals surface area contributed by atoms with Crippen LogP contribution in [0.1, 0.15) is 6.92 Å². The largest absolute Gasteiger partial charge is 2.00 e. The van der Waals surface area contributed by atoms with Crippen LogP contribution in [0.2, 0.25) is 0 Å². The van der Waals surface area contributed by atoms with Crippen molar-refractivity contribution in [3.63, 3.8) is 0 Å². The predicted octanol–water partition coefficient (Wildman–Crippen LogP) is 3.64. The minimum Gasteiger partial charge on any atom is 2.00 e. The summed E-state index contributed by atoms with van der Waals surface area (Å²) < 4.78 is 84.8. The minimum absolute atomic E-state index is 0. The Bertz CT molecular complexity index is 569. The average molecular weight is 448 g/mol. The summed E-state index contributed by atoms with van der Waals surface area (Å²) in [6, 6.07) is 8.35. The molecule has 1 aromatic rings. The zero-order valence-electron chi connectivity index (χ0n) is 13.7. The van der Waals surface area contributed by atoms with Crippen LogP contribution in [-0.4, -0.2) is 15.7 Å². The first-order valence-corrected chi connectivity index (χ1v) is 7.63. The molecule has 0 saturated heterocycles. The molecular formula is C15H13BF4FeO5S+. The zero-order valence-corrected chi connectivity index (χ0v) is 15.6. The maximum Gasteiger partial charge on any atom is 2.00 e. The number of benzene rings is 1. The fourth-order valence-corrected chi connectivity index (χ4v) is 2.00. The molecule has 147 valence electrons. The van der Waals surface area contributed by atoms with Gasteiger partial charge in [0, 0.05) is 0 Å². The molecule has 0 unspecified atom stereocenters. The van der Waals surface area contributed by atoms with Crippen molar-refractivity contribution in [3.05, 3.63) is 81.7 Å². The summed E-state index contributed by atoms with van der Waals surface area (Å²) in [4.78, 5) is 0.315. The van der Waals surface area contributed by atoms with Crippen LogP contribution in [0, 0.1) is 51.4 Å². The third-order valence-electron chi connectivity index (χ3n) is 1.74. The number of hydrogen-bond acceptors (Lipinski definition) is 2. The van der Waals surface area contributed by atoms with Crippen molar-refractivity contribution in [2.45, 2.75) is 11.8 Å². The molecule has 0 aliphatic rings. The van der Waals surface area contributed by atoms with Crippen LogP contribution in [-0.2, 0) is 40.9 Å². The number of unbranched alkanes of at least 4 members (excludes halogenated alkanes) is 3. The van der Waals surface area contributed by atoms with Crippen LogP contribution in [0.25, 0.3) is 0 Å². The third kappa shape index (κ3) is 32.8. The molecule has 0 bridgehead atoms. The van der Waals surface area contributed by atoms with E-state index < -0.39 is 17.1 Å². The van der Waals surface area contributed by atoms with E-state index in [1.54, 1.807) is 43.2 Å². The van der Waals surface area contributed by atoms with E-state index in [2.05, 4.69) is 20.0 Å². The Morgan fingerprint density at radius 1 is 0.852 bits per heavy atom. The van der Waals surface area contributed by atoms with Gasteiger partial charge in [-0.2, -0.15) is 0 Å². The Kier molecular flexibility index (Phi) is 33.5. The number of rotatable bonds is 6. The summed E-state index contributed by atoms with van der Waals surface area (Å²) in [5.41, 5.74) is 0. The first-order chi connectivity index (χ1) is 12.2. The SMILES string of the molecule is C[CH][CH][CH][CH][CH]S(=O)(=O)c1ccccc1.F[B-](F)(F)F.[C-]#[O+].[C-]#[O+].[C-]#[O+].[Fe+2]. The van der Waals surface area contributed by atoms with E-state index in [0.29, 0.717) is 4.90 Å². The van der Waals surface area contributed by atoms with E-state index >= 15 is 0 Å². The zero-order chi connectivity index (χ0) is 21.6. The van der Waals surface area contributed by atoms with Gasteiger partial charge in [0.1, 0.15) is 0 Å². The van der Waals surface area contributed by atoms with Crippen LogP contribution in [0.5, 0.6) is 0 Å². The summed E-state index contributed by atoms with van der Waals surface area (Å²) in [7, 11) is -9.29. The first-order valence-electron chi connectivity index (χ1n) is 6.08. The van der Waals surface area contributed by atoms with Gasteiger partial charge < -0.3 is 17.3 Å². The molecule has 5 radical (unpaired) electrons. The van der Waals surface area contributed by atoms with Gasteiger partial charge in [-0.3, -0.25) is 0 Å². The Balaban J connectivity index is -0.000000114. The van der Waals surface area contributed by atoms with Crippen LogP contribution in [0.3, 0.4) is 0 Å². The molecule has 0 aliphatic heterocycles. The second kappa shape index (κ2) is 24.7. The van der Waals surface area contributed by atoms with Crippen molar-refractivity contribution in [1.82, 2.24) is 0 Å². The van der Waals surface area contributed by atoms with Gasteiger partial charge in [-0.1, -0.05) is 25.1 Å². The summed E-state index contributed by atoms with van der Waals surface area (Å²) in [6.45, 7) is 15.4. The number of sulfone groups is 1. The molecular weight excluding hydrogens is 435 g/mol. The van der Waals surface area contributed by atoms with Crippen molar-refractivity contribution in [2.75, 3.05) is 0 Å². The molecule has 0 fully saturated rings. The van der Waals surface area contributed by atoms with Crippen molar-refractivity contribution >= 4 is 17.1 Å². The van der Waals surface area contributed by atoms with Crippen LogP contribution < -0.4 is 0 Å². The first kappa shape index (κ1) is 36.6. The van der Waals surface area contributed by atoms with Crippen molar-refractivity contribution in [3.8, 4) is 0 Å². The normalized spacial score (nSPS) is 8.85. The second-order valence-electron chi connectivity index (χ2n) is 3.40. The smallest absolute Gasteiger partial charge is 2.00 e. The van der Waals surface area contributed by atoms with E-state index in [-0.39, 0.29) is 17.1 Å². The Morgan fingerprint density at radius 3 is 1.56 bits per heavy atom. The summed E-state index contributed by atoms with van der Waals surface area (Å²) >= 11 is 0. The topological polar surface area (TPSA) is 93.8 Å². The van der Waals surface area contributed by atoms with Gasteiger partial charge in [-0.05, 0) is 37.8 Å². The maximum absolute atomic E-state index is 11.7. The van der Waals surface area contributed by atoms with E-state index in [1.807, 2.05) is 13.3 Å². The molecule has 12 heteroatoms. The molecule has 1 aromatic carbocycles. The standard InChI is InChI=1S/C12H13O2S.3CO.BF4.Fe/c1-2-3-4-8-11-15(13,14)12-9-6-5-7-10-12;3*1-2;2-1(3,4)5;/h2-11H,1H3;;;;;/q;;;;-1;+2. The summed E-state index contributed by atoms with van der Waals surface area (Å²) in [6.07, 6.45) is 6.80. The predicted molar refractivity (Wildman–Crippen MR) is 82.8 cm³/mol. The van der Waals surface area contributed by atoms with E-state index in [0.717, 1.165) is 0 Å². The van der Waals surface area contributed by atoms with Gasteiger partial charge in [-0.15, -0.1) is 0 Å². The van der Waals surface area contributed by atoms with Crippen molar-refractivity contribution in [1.29, 1.82) is 0 Å². The second-order valence-corrected chi connectivity index (χ2v) is 5.23. The molecule has 0 N–H and O–H groups in total. The maximum atomic E-state index is 11.7. The Morgan fingerprint density at radius 2 is 1.22 bits per heavy atom. The van der Waals surface area contributed by atoms with Crippen LogP contribution >= 0.6 is 0 Å². The molecule has 0 heterocycles. The van der Waals surface area contributed by atoms with Crippen molar-refractivity contribution in [2.24, 2.45) is 0 Å². The van der Waals surface area contributed by atoms with Gasteiger partial charge in [0.15, 0.2) is 9.84 Å². The van der Waals surface area contributed by atoms with E-state index in [1.165, 1.54) is 12.2 Å². The molecule has 0 aromatic heterocycles. The van der Waals surface area contributed by atoms with Crippen molar-refractivity contribution < 1.29 is 56.7 Å². The average Bonchev–Trinajstić information content (AvgIpc) is 2.63. The molecule has 0 amide bonds. The molecule has 0 saturated carbocycles. The van der Waals surface area contributed by atoms with E-state index in [9.17, 15) is 25.7 Å². The van der Waals surface area contributed by atoms with E-state index in [4.69, 9.17) is 14.0 Å². The monoisotopic (exact) mass is 448 g/mol. The van der Waals surface area contributed by atoms with Crippen LogP contribution in [0.4, 0.5) is 17.3 Å². The molecule has 0 atom stereocenters. The fraction of sp³-hybridized carbons (Fsp3) is 0.0667. The quantitative estimate of drug-likeness (QED) is 0.219. The molecule has 5 nitrogen and oxygen atoms in total. The molecule has 0 aliphatic carbocycles. The number of hydrogen-bond donors (Lipinski definition) is 0. The summed E-state index contributed by atoms with van der Waals surface area (Å²) in [5.74, 6) is 1.20. The summed E-state index contributed by atoms with van der Waals surface area (Å²) in [5, 5.41) is 0. The van der Waals surface area contributed by atoms with Gasteiger partial charge in [0.05, 0.1) is 10.6 Å². The van der Waals surface area contributed by atoms with Gasteiger partial charge in [0.25, 0.3) is 0 Å². The van der Waals surface area contributed by atoms with Crippen LogP contribution in [0.15, 0.2) is 35.2 Å². The van der Waals surface area contributed by atoms with Gasteiger partial charge in [0.2, 0.25) is 0 Å². The Hall–Kier alpha value is -1.31.